The SMILES string of the molecule is C[N+]1(C)CC(CC=O)C1. The van der Waals surface area contributed by atoms with E-state index in [9.17, 15) is 4.79 Å². The fourth-order valence-electron chi connectivity index (χ4n) is 1.63. The van der Waals surface area contributed by atoms with Crippen LogP contribution in [-0.4, -0.2) is 38.0 Å². The molecule has 0 aromatic rings. The van der Waals surface area contributed by atoms with E-state index in [0.29, 0.717) is 5.92 Å². The van der Waals surface area contributed by atoms with E-state index < -0.39 is 0 Å². The molecule has 9 heavy (non-hydrogen) atoms. The van der Waals surface area contributed by atoms with Crippen LogP contribution in [-0.2, 0) is 4.79 Å². The molecule has 0 saturated carbocycles. The van der Waals surface area contributed by atoms with E-state index >= 15 is 0 Å². The number of likely N-dealkylation sites (tertiary alicyclic amines) is 1. The molecule has 1 heterocycles. The monoisotopic (exact) mass is 128 g/mol. The quantitative estimate of drug-likeness (QED) is 0.385. The van der Waals surface area contributed by atoms with E-state index in [0.717, 1.165) is 17.2 Å². The Balaban J connectivity index is 2.19. The summed E-state index contributed by atoms with van der Waals surface area (Å²) < 4.78 is 1.10. The van der Waals surface area contributed by atoms with Gasteiger partial charge in [0.1, 0.15) is 6.29 Å². The molecule has 0 spiro atoms. The maximum Gasteiger partial charge on any atom is 0.120 e. The van der Waals surface area contributed by atoms with Crippen molar-refractivity contribution in [2.45, 2.75) is 6.42 Å². The van der Waals surface area contributed by atoms with Gasteiger partial charge in [-0.15, -0.1) is 0 Å². The largest absolute Gasteiger partial charge is 0.328 e. The highest BCUT2D eigenvalue weighted by molar-refractivity contribution is 5.49. The summed E-state index contributed by atoms with van der Waals surface area (Å²) in [6, 6.07) is 0. The summed E-state index contributed by atoms with van der Waals surface area (Å²) in [6.07, 6.45) is 1.80. The summed E-state index contributed by atoms with van der Waals surface area (Å²) in [5.41, 5.74) is 0. The topological polar surface area (TPSA) is 17.1 Å². The molecule has 1 fully saturated rings. The van der Waals surface area contributed by atoms with Gasteiger partial charge in [0.15, 0.2) is 0 Å². The molecule has 0 aliphatic carbocycles. The van der Waals surface area contributed by atoms with Gasteiger partial charge in [-0.3, -0.25) is 0 Å². The molecule has 0 radical (unpaired) electrons. The van der Waals surface area contributed by atoms with E-state index in [1.165, 1.54) is 13.1 Å². The predicted octanol–water partition coefficient (Wildman–Crippen LogP) is 0.282. The van der Waals surface area contributed by atoms with E-state index in [4.69, 9.17) is 0 Å². The average Bonchev–Trinajstić information content (AvgIpc) is 1.62. The van der Waals surface area contributed by atoms with Crippen LogP contribution >= 0.6 is 0 Å². The number of nitrogens with zero attached hydrogens (tertiary/aromatic N) is 1. The van der Waals surface area contributed by atoms with Gasteiger partial charge in [-0.05, 0) is 0 Å². The van der Waals surface area contributed by atoms with E-state index in [1.807, 2.05) is 0 Å². The van der Waals surface area contributed by atoms with Crippen LogP contribution in [0.4, 0.5) is 0 Å². The Labute approximate surface area is 56.1 Å². The van der Waals surface area contributed by atoms with Crippen molar-refractivity contribution in [3.8, 4) is 0 Å². The Kier molecular flexibility index (Phi) is 1.58. The van der Waals surface area contributed by atoms with Crippen molar-refractivity contribution >= 4 is 6.29 Å². The van der Waals surface area contributed by atoms with Crippen molar-refractivity contribution in [2.24, 2.45) is 5.92 Å². The van der Waals surface area contributed by atoms with Gasteiger partial charge in [-0.1, -0.05) is 0 Å². The van der Waals surface area contributed by atoms with Crippen LogP contribution in [0.3, 0.4) is 0 Å². The van der Waals surface area contributed by atoms with Gasteiger partial charge in [0.2, 0.25) is 0 Å². The summed E-state index contributed by atoms with van der Waals surface area (Å²) in [4.78, 5) is 10.0. The fourth-order valence-corrected chi connectivity index (χ4v) is 1.63. The lowest BCUT2D eigenvalue weighted by atomic mass is 9.95. The summed E-state index contributed by atoms with van der Waals surface area (Å²) >= 11 is 0. The second-order valence-electron chi connectivity index (χ2n) is 3.57. The highest BCUT2D eigenvalue weighted by Gasteiger charge is 2.35. The molecule has 1 rings (SSSR count). The molecule has 2 nitrogen and oxygen atoms in total. The van der Waals surface area contributed by atoms with Gasteiger partial charge in [0.05, 0.1) is 33.1 Å². The van der Waals surface area contributed by atoms with E-state index in [1.54, 1.807) is 0 Å². The van der Waals surface area contributed by atoms with Gasteiger partial charge in [0, 0.05) is 6.42 Å². The zero-order valence-corrected chi connectivity index (χ0v) is 6.13. The Hall–Kier alpha value is -0.370. The third-order valence-electron chi connectivity index (χ3n) is 1.93. The third kappa shape index (κ3) is 1.52. The number of aldehydes is 1. The third-order valence-corrected chi connectivity index (χ3v) is 1.93. The molecule has 0 aromatic carbocycles. The first-order valence-corrected chi connectivity index (χ1v) is 3.40. The smallest absolute Gasteiger partial charge is 0.120 e. The zero-order valence-electron chi connectivity index (χ0n) is 6.13. The van der Waals surface area contributed by atoms with Crippen molar-refractivity contribution < 1.29 is 9.28 Å². The lowest BCUT2D eigenvalue weighted by Crippen LogP contribution is -2.58. The standard InChI is InChI=1S/C7H14NO/c1-8(2)5-7(6-8)3-4-9/h4,7H,3,5-6H2,1-2H3/q+1. The molecule has 1 aliphatic rings. The minimum Gasteiger partial charge on any atom is -0.328 e. The second-order valence-corrected chi connectivity index (χ2v) is 3.57. The lowest BCUT2D eigenvalue weighted by Gasteiger charge is -2.43. The van der Waals surface area contributed by atoms with Crippen molar-refractivity contribution in [3.63, 3.8) is 0 Å². The fraction of sp³-hybridized carbons (Fsp3) is 0.857. The molecule has 0 amide bonds. The first-order valence-electron chi connectivity index (χ1n) is 3.40. The van der Waals surface area contributed by atoms with Crippen molar-refractivity contribution in [2.75, 3.05) is 27.2 Å². The van der Waals surface area contributed by atoms with E-state index in [-0.39, 0.29) is 0 Å². The molecular formula is C7H14NO+. The van der Waals surface area contributed by atoms with Crippen LogP contribution in [0.5, 0.6) is 0 Å². The van der Waals surface area contributed by atoms with Crippen molar-refractivity contribution in [1.29, 1.82) is 0 Å². The second kappa shape index (κ2) is 2.10. The minimum absolute atomic E-state index is 0.678. The first kappa shape index (κ1) is 6.75. The number of hydrogen-bond donors (Lipinski definition) is 0. The van der Waals surface area contributed by atoms with Crippen molar-refractivity contribution in [1.82, 2.24) is 0 Å². The summed E-state index contributed by atoms with van der Waals surface area (Å²) in [5.74, 6) is 0.678. The minimum atomic E-state index is 0.678. The predicted molar refractivity (Wildman–Crippen MR) is 36.0 cm³/mol. The first-order chi connectivity index (χ1) is 4.14. The molecule has 0 aromatic heterocycles. The van der Waals surface area contributed by atoms with Crippen molar-refractivity contribution in [3.05, 3.63) is 0 Å². The highest BCUT2D eigenvalue weighted by Crippen LogP contribution is 2.21. The average molecular weight is 128 g/mol. The number of quaternary nitrogens is 1. The van der Waals surface area contributed by atoms with Gasteiger partial charge in [0.25, 0.3) is 0 Å². The molecule has 1 saturated heterocycles. The highest BCUT2D eigenvalue weighted by atomic mass is 16.1. The van der Waals surface area contributed by atoms with Crippen LogP contribution in [0.1, 0.15) is 6.42 Å². The van der Waals surface area contributed by atoms with Gasteiger partial charge < -0.3 is 9.28 Å². The molecule has 0 unspecified atom stereocenters. The zero-order chi connectivity index (χ0) is 6.91. The number of carbonyl (C=O) groups is 1. The van der Waals surface area contributed by atoms with Crippen LogP contribution in [0.2, 0.25) is 0 Å². The molecule has 0 atom stereocenters. The Morgan fingerprint density at radius 1 is 1.56 bits per heavy atom. The Bertz CT molecular complexity index is 112. The number of carbonyl (C=O) groups excluding carboxylic acids is 1. The van der Waals surface area contributed by atoms with Crippen LogP contribution < -0.4 is 0 Å². The summed E-state index contributed by atoms with van der Waals surface area (Å²) in [6.45, 7) is 2.36. The summed E-state index contributed by atoms with van der Waals surface area (Å²) in [5, 5.41) is 0. The van der Waals surface area contributed by atoms with Gasteiger partial charge >= 0.3 is 0 Å². The van der Waals surface area contributed by atoms with Crippen LogP contribution in [0, 0.1) is 5.92 Å². The van der Waals surface area contributed by atoms with Gasteiger partial charge in [-0.25, -0.2) is 0 Å². The molecule has 2 heteroatoms. The van der Waals surface area contributed by atoms with Gasteiger partial charge in [-0.2, -0.15) is 0 Å². The molecule has 1 aliphatic heterocycles. The van der Waals surface area contributed by atoms with Crippen LogP contribution in [0.25, 0.3) is 0 Å². The lowest BCUT2D eigenvalue weighted by molar-refractivity contribution is -0.938. The molecule has 52 valence electrons. The van der Waals surface area contributed by atoms with E-state index in [2.05, 4.69) is 14.1 Å². The number of hydrogen-bond acceptors (Lipinski definition) is 1. The molecule has 0 bridgehead atoms. The maximum absolute atomic E-state index is 10.0. The Morgan fingerprint density at radius 2 is 2.11 bits per heavy atom. The molecule has 0 N–H and O–H groups in total. The normalized spacial score (nSPS) is 25.1. The Morgan fingerprint density at radius 3 is 2.44 bits per heavy atom. The maximum atomic E-state index is 10.0. The van der Waals surface area contributed by atoms with Crippen LogP contribution in [0.15, 0.2) is 0 Å². The molecular weight excluding hydrogens is 114 g/mol. The summed E-state index contributed by atoms with van der Waals surface area (Å²) in [7, 11) is 4.39. The number of rotatable bonds is 2.